The molecule has 6 nitrogen and oxygen atoms in total. The largest absolute Gasteiger partial charge is 0.507 e. The lowest BCUT2D eigenvalue weighted by atomic mass is 10.1. The number of nitrogens with zero attached hydrogens (tertiary/aromatic N) is 1. The van der Waals surface area contributed by atoms with Crippen molar-refractivity contribution in [2.75, 3.05) is 7.11 Å². The Labute approximate surface area is 185 Å². The first kappa shape index (κ1) is 20.6. The third-order valence-electron chi connectivity index (χ3n) is 4.70. The Morgan fingerprint density at radius 1 is 0.968 bits per heavy atom. The molecule has 1 aromatic heterocycles. The average Bonchev–Trinajstić information content (AvgIpc) is 3.13. The second-order valence-corrected chi connectivity index (χ2v) is 7.34. The minimum absolute atomic E-state index is 0.0376. The monoisotopic (exact) mass is 436 g/mol. The molecule has 158 valence electrons. The standard InChI is InChI=1S/C24H21ClN2O4/c1-15-24(31-20-5-3-4-18(12-20)29-2)23(27-26-15)21-11-10-19(13-22(21)28)30-14-16-6-8-17(25)9-7-16/h3-13,28H,14H2,1-2H3,(H,26,27). The molecule has 0 saturated carbocycles. The first-order valence-electron chi connectivity index (χ1n) is 9.61. The van der Waals surface area contributed by atoms with Crippen LogP contribution in [0.4, 0.5) is 0 Å². The molecule has 0 amide bonds. The van der Waals surface area contributed by atoms with Crippen molar-refractivity contribution in [1.29, 1.82) is 0 Å². The number of nitrogens with one attached hydrogen (secondary N) is 1. The number of rotatable bonds is 7. The summed E-state index contributed by atoms with van der Waals surface area (Å²) in [5.41, 5.74) is 2.74. The lowest BCUT2D eigenvalue weighted by Gasteiger charge is -2.11. The van der Waals surface area contributed by atoms with Crippen molar-refractivity contribution in [2.45, 2.75) is 13.5 Å². The molecule has 0 aliphatic rings. The maximum atomic E-state index is 10.6. The Hall–Kier alpha value is -3.64. The van der Waals surface area contributed by atoms with Crippen molar-refractivity contribution >= 4 is 11.6 Å². The average molecular weight is 437 g/mol. The molecule has 1 heterocycles. The van der Waals surface area contributed by atoms with Crippen LogP contribution in [-0.2, 0) is 6.61 Å². The Morgan fingerprint density at radius 3 is 2.48 bits per heavy atom. The van der Waals surface area contributed by atoms with Crippen LogP contribution >= 0.6 is 11.6 Å². The van der Waals surface area contributed by atoms with Gasteiger partial charge in [-0.3, -0.25) is 5.10 Å². The van der Waals surface area contributed by atoms with Crippen LogP contribution in [0.3, 0.4) is 0 Å². The predicted molar refractivity (Wildman–Crippen MR) is 119 cm³/mol. The summed E-state index contributed by atoms with van der Waals surface area (Å²) in [5, 5.41) is 18.5. The third kappa shape index (κ3) is 4.75. The summed E-state index contributed by atoms with van der Waals surface area (Å²) in [6.45, 7) is 2.22. The van der Waals surface area contributed by atoms with Gasteiger partial charge in [0.15, 0.2) is 5.75 Å². The van der Waals surface area contributed by atoms with Gasteiger partial charge in [-0.05, 0) is 48.9 Å². The van der Waals surface area contributed by atoms with Crippen molar-refractivity contribution in [2.24, 2.45) is 0 Å². The number of halogens is 1. The molecule has 0 fully saturated rings. The molecule has 7 heteroatoms. The number of H-pyrrole nitrogens is 1. The van der Waals surface area contributed by atoms with Crippen LogP contribution in [0.1, 0.15) is 11.3 Å². The molecule has 0 saturated heterocycles. The highest BCUT2D eigenvalue weighted by atomic mass is 35.5. The Balaban J connectivity index is 1.55. The second-order valence-electron chi connectivity index (χ2n) is 6.90. The Morgan fingerprint density at radius 2 is 1.74 bits per heavy atom. The number of aryl methyl sites for hydroxylation is 1. The van der Waals surface area contributed by atoms with Gasteiger partial charge in [-0.15, -0.1) is 0 Å². The Bertz CT molecular complexity index is 1190. The number of aromatic nitrogens is 2. The fraction of sp³-hybridized carbons (Fsp3) is 0.125. The van der Waals surface area contributed by atoms with Crippen molar-refractivity contribution in [1.82, 2.24) is 10.2 Å². The zero-order valence-electron chi connectivity index (χ0n) is 17.1. The quantitative estimate of drug-likeness (QED) is 0.364. The van der Waals surface area contributed by atoms with Crippen LogP contribution in [0.2, 0.25) is 5.02 Å². The van der Waals surface area contributed by atoms with E-state index in [-0.39, 0.29) is 5.75 Å². The predicted octanol–water partition coefficient (Wildman–Crippen LogP) is 6.12. The molecule has 0 unspecified atom stereocenters. The van der Waals surface area contributed by atoms with Gasteiger partial charge in [-0.2, -0.15) is 5.10 Å². The number of ether oxygens (including phenoxy) is 3. The van der Waals surface area contributed by atoms with E-state index in [1.54, 1.807) is 31.4 Å². The molecule has 0 aliphatic carbocycles. The number of hydrogen-bond acceptors (Lipinski definition) is 5. The molecule has 31 heavy (non-hydrogen) atoms. The van der Waals surface area contributed by atoms with E-state index in [9.17, 15) is 5.11 Å². The maximum absolute atomic E-state index is 10.6. The maximum Gasteiger partial charge on any atom is 0.176 e. The van der Waals surface area contributed by atoms with Crippen LogP contribution < -0.4 is 14.2 Å². The van der Waals surface area contributed by atoms with Crippen molar-refractivity contribution in [3.05, 3.63) is 83.0 Å². The summed E-state index contributed by atoms with van der Waals surface area (Å²) in [4.78, 5) is 0. The van der Waals surface area contributed by atoms with E-state index in [0.717, 1.165) is 11.3 Å². The molecule has 3 aromatic carbocycles. The van der Waals surface area contributed by atoms with Gasteiger partial charge in [-0.25, -0.2) is 0 Å². The minimum Gasteiger partial charge on any atom is -0.507 e. The number of aromatic amines is 1. The Kier molecular flexibility index (Phi) is 6.00. The highest BCUT2D eigenvalue weighted by molar-refractivity contribution is 6.30. The molecule has 0 spiro atoms. The minimum atomic E-state index is 0.0376. The van der Waals surface area contributed by atoms with Crippen LogP contribution in [0.5, 0.6) is 28.7 Å². The second kappa shape index (κ2) is 9.02. The third-order valence-corrected chi connectivity index (χ3v) is 4.95. The fourth-order valence-corrected chi connectivity index (χ4v) is 3.18. The van der Waals surface area contributed by atoms with E-state index in [4.69, 9.17) is 25.8 Å². The van der Waals surface area contributed by atoms with E-state index in [1.807, 2.05) is 49.4 Å². The lowest BCUT2D eigenvalue weighted by molar-refractivity contribution is 0.304. The van der Waals surface area contributed by atoms with E-state index in [2.05, 4.69) is 10.2 Å². The zero-order chi connectivity index (χ0) is 21.8. The molecule has 0 atom stereocenters. The number of phenols is 1. The topological polar surface area (TPSA) is 76.6 Å². The molecule has 0 bridgehead atoms. The van der Waals surface area contributed by atoms with E-state index < -0.39 is 0 Å². The molecule has 0 radical (unpaired) electrons. The molecule has 2 N–H and O–H groups in total. The zero-order valence-corrected chi connectivity index (χ0v) is 17.8. The smallest absolute Gasteiger partial charge is 0.176 e. The van der Waals surface area contributed by atoms with Gasteiger partial charge in [0.25, 0.3) is 0 Å². The van der Waals surface area contributed by atoms with Crippen LogP contribution in [0, 0.1) is 6.92 Å². The molecule has 0 aliphatic heterocycles. The van der Waals surface area contributed by atoms with E-state index >= 15 is 0 Å². The van der Waals surface area contributed by atoms with Gasteiger partial charge in [0, 0.05) is 22.7 Å². The van der Waals surface area contributed by atoms with Gasteiger partial charge < -0.3 is 19.3 Å². The van der Waals surface area contributed by atoms with Gasteiger partial charge in [-0.1, -0.05) is 29.8 Å². The summed E-state index contributed by atoms with van der Waals surface area (Å²) < 4.78 is 17.1. The first-order valence-corrected chi connectivity index (χ1v) is 9.99. The highest BCUT2D eigenvalue weighted by Crippen LogP contribution is 2.40. The number of hydrogen-bond donors (Lipinski definition) is 2. The summed E-state index contributed by atoms with van der Waals surface area (Å²) in [6.07, 6.45) is 0. The van der Waals surface area contributed by atoms with Crippen molar-refractivity contribution in [3.63, 3.8) is 0 Å². The molecular weight excluding hydrogens is 416 g/mol. The van der Waals surface area contributed by atoms with Gasteiger partial charge in [0.1, 0.15) is 35.3 Å². The van der Waals surface area contributed by atoms with Crippen LogP contribution in [0.25, 0.3) is 11.3 Å². The molecule has 4 rings (SSSR count). The van der Waals surface area contributed by atoms with Crippen molar-refractivity contribution < 1.29 is 19.3 Å². The summed E-state index contributed by atoms with van der Waals surface area (Å²) >= 11 is 5.91. The van der Waals surface area contributed by atoms with Crippen LogP contribution in [0.15, 0.2) is 66.7 Å². The van der Waals surface area contributed by atoms with Crippen molar-refractivity contribution in [3.8, 4) is 40.0 Å². The highest BCUT2D eigenvalue weighted by Gasteiger charge is 2.18. The fourth-order valence-electron chi connectivity index (χ4n) is 3.06. The number of benzene rings is 3. The van der Waals surface area contributed by atoms with Crippen LogP contribution in [-0.4, -0.2) is 22.4 Å². The SMILES string of the molecule is COc1cccc(Oc2c(-c3ccc(OCc4ccc(Cl)cc4)cc3O)n[nH]c2C)c1. The van der Waals surface area contributed by atoms with Gasteiger partial charge >= 0.3 is 0 Å². The number of aromatic hydroxyl groups is 1. The summed E-state index contributed by atoms with van der Waals surface area (Å²) in [5.74, 6) is 2.39. The number of methoxy groups -OCH3 is 1. The van der Waals surface area contributed by atoms with E-state index in [1.165, 1.54) is 0 Å². The molecular formula is C24H21ClN2O4. The lowest BCUT2D eigenvalue weighted by Crippen LogP contribution is -1.95. The number of phenolic OH excluding ortho intramolecular Hbond substituents is 1. The normalized spacial score (nSPS) is 10.7. The van der Waals surface area contributed by atoms with Gasteiger partial charge in [0.05, 0.1) is 12.8 Å². The molecule has 4 aromatic rings. The summed E-state index contributed by atoms with van der Waals surface area (Å²) in [6, 6.07) is 19.8. The van der Waals surface area contributed by atoms with E-state index in [0.29, 0.717) is 45.9 Å². The summed E-state index contributed by atoms with van der Waals surface area (Å²) in [7, 11) is 1.60. The van der Waals surface area contributed by atoms with Gasteiger partial charge in [0.2, 0.25) is 0 Å². The first-order chi connectivity index (χ1) is 15.0.